The molecule has 0 aliphatic carbocycles. The average Bonchev–Trinajstić information content (AvgIpc) is 2.55. The summed E-state index contributed by atoms with van der Waals surface area (Å²) in [5.74, 6) is 0.984. The van der Waals surface area contributed by atoms with Gasteiger partial charge in [-0.1, -0.05) is 6.92 Å². The number of nitrogens with zero attached hydrogens (tertiary/aromatic N) is 4. The van der Waals surface area contributed by atoms with Gasteiger partial charge in [0.25, 0.3) is 0 Å². The molecule has 2 unspecified atom stereocenters. The van der Waals surface area contributed by atoms with Crippen LogP contribution in [0.25, 0.3) is 0 Å². The number of hydrogen-bond donors (Lipinski definition) is 1. The van der Waals surface area contributed by atoms with Crippen molar-refractivity contribution >= 4 is 17.7 Å². The molecule has 2 fully saturated rings. The van der Waals surface area contributed by atoms with Gasteiger partial charge in [-0.15, -0.1) is 0 Å². The minimum atomic E-state index is -0.707. The fourth-order valence-corrected chi connectivity index (χ4v) is 3.48. The quantitative estimate of drug-likeness (QED) is 0.921. The average molecular weight is 304 g/mol. The van der Waals surface area contributed by atoms with Crippen molar-refractivity contribution in [3.63, 3.8) is 0 Å². The Balaban J connectivity index is 1.77. The topological polar surface area (TPSA) is 69.6 Å². The molecule has 2 atom stereocenters. The molecule has 6 heteroatoms. The van der Waals surface area contributed by atoms with Crippen molar-refractivity contribution in [2.75, 3.05) is 36.0 Å². The monoisotopic (exact) mass is 304 g/mol. The van der Waals surface area contributed by atoms with Gasteiger partial charge in [-0.3, -0.25) is 4.79 Å². The van der Waals surface area contributed by atoms with Crippen LogP contribution in [-0.4, -0.2) is 47.2 Å². The van der Waals surface area contributed by atoms with Gasteiger partial charge in [0, 0.05) is 32.4 Å². The maximum Gasteiger partial charge on any atom is 0.308 e. The summed E-state index contributed by atoms with van der Waals surface area (Å²) in [7, 11) is 0. The van der Waals surface area contributed by atoms with Crippen LogP contribution in [0.4, 0.5) is 11.8 Å². The fourth-order valence-electron chi connectivity index (χ4n) is 3.48. The van der Waals surface area contributed by atoms with E-state index in [1.807, 2.05) is 6.07 Å². The van der Waals surface area contributed by atoms with Crippen molar-refractivity contribution in [3.05, 3.63) is 12.3 Å². The lowest BCUT2D eigenvalue weighted by Crippen LogP contribution is -2.43. The molecule has 6 nitrogen and oxygen atoms in total. The number of rotatable bonds is 3. The first-order valence-electron chi connectivity index (χ1n) is 8.19. The van der Waals surface area contributed by atoms with E-state index in [2.05, 4.69) is 21.7 Å². The van der Waals surface area contributed by atoms with Crippen LogP contribution in [0, 0.1) is 11.8 Å². The Bertz CT molecular complexity index is 531. The van der Waals surface area contributed by atoms with E-state index in [-0.39, 0.29) is 5.92 Å². The van der Waals surface area contributed by atoms with Gasteiger partial charge in [-0.05, 0) is 37.7 Å². The predicted octanol–water partition coefficient (Wildman–Crippen LogP) is 2.01. The molecule has 3 rings (SSSR count). The largest absolute Gasteiger partial charge is 0.481 e. The third-order valence-corrected chi connectivity index (χ3v) is 4.60. The zero-order valence-electron chi connectivity index (χ0n) is 13.1. The smallest absolute Gasteiger partial charge is 0.308 e. The molecule has 0 radical (unpaired) electrons. The van der Waals surface area contributed by atoms with Crippen LogP contribution in [0.5, 0.6) is 0 Å². The Morgan fingerprint density at radius 1 is 1.23 bits per heavy atom. The number of aliphatic carboxylic acids is 1. The zero-order chi connectivity index (χ0) is 15.5. The van der Waals surface area contributed by atoms with Crippen molar-refractivity contribution < 1.29 is 9.90 Å². The number of carboxylic acids is 1. The SMILES string of the molecule is CC1CC(C(=O)O)CN(c2ccnc(N3CCCCC3)n2)C1. The molecule has 0 bridgehead atoms. The van der Waals surface area contributed by atoms with Crippen LogP contribution in [0.3, 0.4) is 0 Å². The Kier molecular flexibility index (Phi) is 4.45. The van der Waals surface area contributed by atoms with Gasteiger partial charge in [0.05, 0.1) is 5.92 Å². The number of carboxylic acid groups (broad SMARTS) is 1. The van der Waals surface area contributed by atoms with E-state index in [1.165, 1.54) is 19.3 Å². The molecule has 120 valence electrons. The maximum atomic E-state index is 11.3. The van der Waals surface area contributed by atoms with Gasteiger partial charge in [0.2, 0.25) is 5.95 Å². The Labute approximate surface area is 131 Å². The molecule has 0 aromatic carbocycles. The third-order valence-electron chi connectivity index (χ3n) is 4.60. The second-order valence-corrected chi connectivity index (χ2v) is 6.54. The minimum absolute atomic E-state index is 0.308. The molecule has 0 saturated carbocycles. The lowest BCUT2D eigenvalue weighted by atomic mass is 9.90. The number of aromatic nitrogens is 2. The van der Waals surface area contributed by atoms with Crippen LogP contribution in [0.15, 0.2) is 12.3 Å². The third kappa shape index (κ3) is 3.31. The molecular formula is C16H24N4O2. The first-order chi connectivity index (χ1) is 10.6. The molecule has 0 spiro atoms. The van der Waals surface area contributed by atoms with E-state index in [1.54, 1.807) is 6.20 Å². The normalized spacial score (nSPS) is 26.0. The van der Waals surface area contributed by atoms with E-state index in [9.17, 15) is 9.90 Å². The van der Waals surface area contributed by atoms with E-state index >= 15 is 0 Å². The second-order valence-electron chi connectivity index (χ2n) is 6.54. The van der Waals surface area contributed by atoms with Crippen molar-refractivity contribution in [1.82, 2.24) is 9.97 Å². The molecule has 1 N–H and O–H groups in total. The summed E-state index contributed by atoms with van der Waals surface area (Å²) in [5, 5.41) is 9.31. The molecule has 2 aliphatic heterocycles. The Morgan fingerprint density at radius 3 is 2.73 bits per heavy atom. The van der Waals surface area contributed by atoms with Gasteiger partial charge in [-0.2, -0.15) is 4.98 Å². The van der Waals surface area contributed by atoms with Crippen LogP contribution in [-0.2, 0) is 4.79 Å². The highest BCUT2D eigenvalue weighted by atomic mass is 16.4. The lowest BCUT2D eigenvalue weighted by Gasteiger charge is -2.36. The highest BCUT2D eigenvalue weighted by Gasteiger charge is 2.30. The highest BCUT2D eigenvalue weighted by molar-refractivity contribution is 5.71. The summed E-state index contributed by atoms with van der Waals surface area (Å²) >= 11 is 0. The minimum Gasteiger partial charge on any atom is -0.481 e. The zero-order valence-corrected chi connectivity index (χ0v) is 13.1. The van der Waals surface area contributed by atoms with Gasteiger partial charge in [-0.25, -0.2) is 4.98 Å². The molecule has 2 saturated heterocycles. The lowest BCUT2D eigenvalue weighted by molar-refractivity contribution is -0.142. The summed E-state index contributed by atoms with van der Waals surface area (Å²) in [6.07, 6.45) is 6.20. The maximum absolute atomic E-state index is 11.3. The molecular weight excluding hydrogens is 280 g/mol. The highest BCUT2D eigenvalue weighted by Crippen LogP contribution is 2.26. The standard InChI is InChI=1S/C16H24N4O2/c1-12-9-13(15(21)22)11-20(10-12)14-5-6-17-16(18-14)19-7-3-2-4-8-19/h5-6,12-13H,2-4,7-11H2,1H3,(H,21,22). The Morgan fingerprint density at radius 2 is 2.00 bits per heavy atom. The van der Waals surface area contributed by atoms with Crippen LogP contribution in [0.2, 0.25) is 0 Å². The van der Waals surface area contributed by atoms with E-state index < -0.39 is 5.97 Å². The molecule has 0 amide bonds. The number of carbonyl (C=O) groups is 1. The van der Waals surface area contributed by atoms with E-state index in [0.29, 0.717) is 12.5 Å². The van der Waals surface area contributed by atoms with Gasteiger partial charge < -0.3 is 14.9 Å². The molecule has 3 heterocycles. The first kappa shape index (κ1) is 15.1. The van der Waals surface area contributed by atoms with Crippen LogP contribution >= 0.6 is 0 Å². The first-order valence-corrected chi connectivity index (χ1v) is 8.19. The Hall–Kier alpha value is -1.85. The number of hydrogen-bond acceptors (Lipinski definition) is 5. The summed E-state index contributed by atoms with van der Waals surface area (Å²) in [5.41, 5.74) is 0. The summed E-state index contributed by atoms with van der Waals surface area (Å²) in [4.78, 5) is 24.8. The van der Waals surface area contributed by atoms with Crippen molar-refractivity contribution in [3.8, 4) is 0 Å². The van der Waals surface area contributed by atoms with Gasteiger partial charge in [0.15, 0.2) is 0 Å². The molecule has 2 aliphatic rings. The molecule has 1 aromatic heterocycles. The van der Waals surface area contributed by atoms with Crippen LogP contribution < -0.4 is 9.80 Å². The van der Waals surface area contributed by atoms with Gasteiger partial charge >= 0.3 is 5.97 Å². The number of piperidine rings is 2. The summed E-state index contributed by atoms with van der Waals surface area (Å²) < 4.78 is 0. The molecule has 22 heavy (non-hydrogen) atoms. The van der Waals surface area contributed by atoms with Crippen molar-refractivity contribution in [2.45, 2.75) is 32.6 Å². The number of anilines is 2. The predicted molar refractivity (Wildman–Crippen MR) is 85.2 cm³/mol. The van der Waals surface area contributed by atoms with Crippen molar-refractivity contribution in [1.29, 1.82) is 0 Å². The van der Waals surface area contributed by atoms with Gasteiger partial charge in [0.1, 0.15) is 5.82 Å². The van der Waals surface area contributed by atoms with Crippen LogP contribution in [0.1, 0.15) is 32.6 Å². The summed E-state index contributed by atoms with van der Waals surface area (Å²) in [6, 6.07) is 1.89. The van der Waals surface area contributed by atoms with Crippen molar-refractivity contribution in [2.24, 2.45) is 11.8 Å². The molecule has 1 aromatic rings. The second kappa shape index (κ2) is 6.50. The fraction of sp³-hybridized carbons (Fsp3) is 0.688. The summed E-state index contributed by atoms with van der Waals surface area (Å²) in [6.45, 7) is 5.53. The van der Waals surface area contributed by atoms with E-state index in [4.69, 9.17) is 4.98 Å². The van der Waals surface area contributed by atoms with E-state index in [0.717, 1.165) is 37.8 Å².